The van der Waals surface area contributed by atoms with Crippen LogP contribution in [0.1, 0.15) is 59.9 Å². The van der Waals surface area contributed by atoms with Gasteiger partial charge in [0.2, 0.25) is 5.88 Å². The number of rotatable bonds is 5. The number of fused-ring (bicyclic) bond motifs is 2. The molecule has 2 N–H and O–H groups in total. The van der Waals surface area contributed by atoms with Crippen molar-refractivity contribution in [3.05, 3.63) is 35.9 Å². The van der Waals surface area contributed by atoms with Crippen LogP contribution < -0.4 is 20.3 Å². The van der Waals surface area contributed by atoms with Crippen molar-refractivity contribution in [1.29, 1.82) is 0 Å². The summed E-state index contributed by atoms with van der Waals surface area (Å²) in [6.45, 7) is 15.7. The maximum atomic E-state index is 16.7. The molecule has 14 nitrogen and oxygen atoms in total. The monoisotopic (exact) mass is 708 g/mol. The van der Waals surface area contributed by atoms with Crippen LogP contribution in [-0.4, -0.2) is 96.0 Å². The van der Waals surface area contributed by atoms with E-state index in [1.807, 2.05) is 0 Å². The van der Waals surface area contributed by atoms with Gasteiger partial charge < -0.3 is 23.7 Å². The van der Waals surface area contributed by atoms with E-state index in [9.17, 15) is 14.4 Å². The van der Waals surface area contributed by atoms with E-state index in [1.54, 1.807) is 60.6 Å². The number of ether oxygens (including phenoxy) is 5. The Morgan fingerprint density at radius 2 is 1.59 bits per heavy atom. The molecule has 1 saturated carbocycles. The minimum absolute atomic E-state index is 0.0689. The number of aromatic nitrogens is 2. The number of nitrogens with zero attached hydrogens (tertiary/aromatic N) is 4. The molecule has 51 heavy (non-hydrogen) atoms. The van der Waals surface area contributed by atoms with Crippen LogP contribution in [0, 0.1) is 12.7 Å². The molecule has 2 aromatic heterocycles. The molecular formula is C36H45FN6O8. The fourth-order valence-electron chi connectivity index (χ4n) is 6.33. The van der Waals surface area contributed by atoms with Gasteiger partial charge in [-0.3, -0.25) is 20.4 Å². The maximum absolute atomic E-state index is 16.7. The lowest BCUT2D eigenvalue weighted by molar-refractivity contribution is -0.0477. The summed E-state index contributed by atoms with van der Waals surface area (Å²) in [6.07, 6.45) is 1.97. The quantitative estimate of drug-likeness (QED) is 0.274. The van der Waals surface area contributed by atoms with Crippen LogP contribution in [-0.2, 0) is 18.9 Å². The van der Waals surface area contributed by atoms with E-state index in [2.05, 4.69) is 25.5 Å². The number of hydrogen-bond acceptors (Lipinski definition) is 11. The third-order valence-corrected chi connectivity index (χ3v) is 8.72. The number of carbonyl (C=O) groups is 3. The number of halogens is 1. The van der Waals surface area contributed by atoms with Gasteiger partial charge in [-0.2, -0.15) is 0 Å². The summed E-state index contributed by atoms with van der Waals surface area (Å²) in [5, 5.41) is 5.94. The second-order valence-corrected chi connectivity index (χ2v) is 14.9. The molecule has 0 spiro atoms. The Bertz CT molecular complexity index is 1830. The van der Waals surface area contributed by atoms with Crippen molar-refractivity contribution in [3.8, 4) is 17.0 Å². The lowest BCUT2D eigenvalue weighted by Crippen LogP contribution is -2.52. The molecule has 1 aliphatic carbocycles. The predicted octanol–water partition coefficient (Wildman–Crippen LogP) is 6.64. The minimum atomic E-state index is -0.869. The van der Waals surface area contributed by atoms with Crippen LogP contribution in [0.25, 0.3) is 21.9 Å². The zero-order valence-electron chi connectivity index (χ0n) is 30.1. The summed E-state index contributed by atoms with van der Waals surface area (Å²) in [7, 11) is 0. The van der Waals surface area contributed by atoms with Crippen LogP contribution in [0.2, 0.25) is 0 Å². The van der Waals surface area contributed by atoms with Crippen molar-refractivity contribution in [3.63, 3.8) is 0 Å². The van der Waals surface area contributed by atoms with Gasteiger partial charge in [0.1, 0.15) is 35.4 Å². The Kier molecular flexibility index (Phi) is 9.97. The van der Waals surface area contributed by atoms with Crippen molar-refractivity contribution in [2.45, 2.75) is 84.7 Å². The first kappa shape index (κ1) is 36.0. The van der Waals surface area contributed by atoms with Gasteiger partial charge in [0.25, 0.3) is 0 Å². The van der Waals surface area contributed by atoms with Gasteiger partial charge in [0, 0.05) is 60.9 Å². The zero-order chi connectivity index (χ0) is 36.7. The Morgan fingerprint density at radius 3 is 2.27 bits per heavy atom. The number of carbonyl (C=O) groups excluding carboxylic acids is 3. The van der Waals surface area contributed by atoms with Gasteiger partial charge in [0.15, 0.2) is 5.82 Å². The topological polar surface area (TPSA) is 154 Å². The van der Waals surface area contributed by atoms with E-state index in [0.29, 0.717) is 41.5 Å². The molecule has 274 valence electrons. The number of hydrogen-bond donors (Lipinski definition) is 2. The molecule has 6 rings (SSSR count). The summed E-state index contributed by atoms with van der Waals surface area (Å²) >= 11 is 0. The van der Waals surface area contributed by atoms with E-state index < -0.39 is 35.3 Å². The minimum Gasteiger partial charge on any atom is -0.474 e. The van der Waals surface area contributed by atoms with E-state index in [4.69, 9.17) is 23.7 Å². The first-order valence-electron chi connectivity index (χ1n) is 17.1. The van der Waals surface area contributed by atoms with Gasteiger partial charge in [-0.25, -0.2) is 28.7 Å². The first-order chi connectivity index (χ1) is 24.1. The number of morpholine rings is 1. The van der Waals surface area contributed by atoms with Gasteiger partial charge in [-0.15, -0.1) is 0 Å². The molecule has 2 aliphatic heterocycles. The molecule has 3 aromatic rings. The van der Waals surface area contributed by atoms with E-state index in [-0.39, 0.29) is 47.6 Å². The molecular weight excluding hydrogens is 663 g/mol. The van der Waals surface area contributed by atoms with Crippen LogP contribution in [0.3, 0.4) is 0 Å². The molecule has 0 atom stereocenters. The number of anilines is 3. The van der Waals surface area contributed by atoms with Gasteiger partial charge in [-0.1, -0.05) is 0 Å². The highest BCUT2D eigenvalue weighted by atomic mass is 19.1. The summed E-state index contributed by atoms with van der Waals surface area (Å²) in [4.78, 5) is 51.6. The molecule has 0 unspecified atom stereocenters. The SMILES string of the molecule is Cc1c(-c2cc3cc(NC(=O)OC4CC(N5CCOCC5)C4)ncc3c(NC(=O)OC(C)(C)C)c2F)cnc2c1N(C(=O)OC(C)(C)C)CCO2. The van der Waals surface area contributed by atoms with Crippen LogP contribution >= 0.6 is 0 Å². The third-order valence-electron chi connectivity index (χ3n) is 8.72. The molecule has 15 heteroatoms. The highest BCUT2D eigenvalue weighted by molar-refractivity contribution is 6.05. The fraction of sp³-hybridized carbons (Fsp3) is 0.528. The molecule has 2 fully saturated rings. The average molecular weight is 709 g/mol. The van der Waals surface area contributed by atoms with E-state index in [1.165, 1.54) is 17.3 Å². The number of pyridine rings is 2. The average Bonchev–Trinajstić information content (AvgIpc) is 3.02. The molecule has 1 saturated heterocycles. The fourth-order valence-corrected chi connectivity index (χ4v) is 6.33. The Labute approximate surface area is 295 Å². The Balaban J connectivity index is 1.32. The highest BCUT2D eigenvalue weighted by Crippen LogP contribution is 2.43. The summed E-state index contributed by atoms with van der Waals surface area (Å²) in [5.74, 6) is -0.402. The van der Waals surface area contributed by atoms with Crippen LogP contribution in [0.5, 0.6) is 5.88 Å². The summed E-state index contributed by atoms with van der Waals surface area (Å²) in [5.41, 5.74) is -0.531. The molecule has 4 heterocycles. The van der Waals surface area contributed by atoms with Crippen molar-refractivity contribution in [2.75, 3.05) is 55.0 Å². The smallest absolute Gasteiger partial charge is 0.415 e. The molecule has 1 aromatic carbocycles. The predicted molar refractivity (Wildman–Crippen MR) is 188 cm³/mol. The normalized spacial score (nSPS) is 19.3. The van der Waals surface area contributed by atoms with Gasteiger partial charge in [-0.05, 0) is 71.5 Å². The standard InChI is InChI=1S/C36H45FN6O8/c1-20-25(18-39-31-30(20)43(10-13-48-31)34(46)51-36(5,6)7)24-14-21-15-27(38-19-26(21)29(28(24)37)41-33(45)50-35(2,3)4)40-32(44)49-23-16-22(17-23)42-8-11-47-12-9-42/h14-15,18-19,22-23H,8-13,16-17H2,1-7H3,(H,41,45)(H,38,40,44). The van der Waals surface area contributed by atoms with Crippen molar-refractivity contribution in [2.24, 2.45) is 0 Å². The largest absolute Gasteiger partial charge is 0.474 e. The zero-order valence-corrected chi connectivity index (χ0v) is 30.1. The number of benzene rings is 1. The second-order valence-electron chi connectivity index (χ2n) is 14.9. The lowest BCUT2D eigenvalue weighted by Gasteiger charge is -2.43. The molecule has 0 bridgehead atoms. The van der Waals surface area contributed by atoms with Crippen molar-refractivity contribution in [1.82, 2.24) is 14.9 Å². The molecule has 0 radical (unpaired) electrons. The highest BCUT2D eigenvalue weighted by Gasteiger charge is 2.37. The summed E-state index contributed by atoms with van der Waals surface area (Å²) < 4.78 is 44.6. The van der Waals surface area contributed by atoms with Crippen molar-refractivity contribution >= 4 is 46.2 Å². The molecule has 3 aliphatic rings. The van der Waals surface area contributed by atoms with E-state index in [0.717, 1.165) is 25.9 Å². The first-order valence-corrected chi connectivity index (χ1v) is 17.1. The Morgan fingerprint density at radius 1 is 0.882 bits per heavy atom. The van der Waals surface area contributed by atoms with Crippen LogP contribution in [0.4, 0.5) is 36.0 Å². The van der Waals surface area contributed by atoms with E-state index >= 15 is 4.39 Å². The Hall–Kier alpha value is -4.76. The number of amides is 3. The third kappa shape index (κ3) is 8.25. The maximum Gasteiger partial charge on any atom is 0.415 e. The summed E-state index contributed by atoms with van der Waals surface area (Å²) in [6, 6.07) is 3.49. The van der Waals surface area contributed by atoms with Crippen LogP contribution in [0.15, 0.2) is 24.5 Å². The molecule has 3 amide bonds. The second kappa shape index (κ2) is 14.1. The van der Waals surface area contributed by atoms with Crippen molar-refractivity contribution < 1.29 is 42.5 Å². The van der Waals surface area contributed by atoms with Gasteiger partial charge >= 0.3 is 18.3 Å². The number of nitrogens with one attached hydrogen (secondary N) is 2. The lowest BCUT2D eigenvalue weighted by atomic mass is 9.87. The van der Waals surface area contributed by atoms with Gasteiger partial charge in [0.05, 0.1) is 25.4 Å².